The number of carbonyl (C=O) groups excluding carboxylic acids is 1. The number of pyridine rings is 1. The van der Waals surface area contributed by atoms with Crippen molar-refractivity contribution in [2.75, 3.05) is 39.8 Å². The molecule has 11 heteroatoms. The molecule has 1 aliphatic heterocycles. The Kier molecular flexibility index (Phi) is 11.2. The van der Waals surface area contributed by atoms with Gasteiger partial charge >= 0.3 is 6.18 Å². The van der Waals surface area contributed by atoms with Gasteiger partial charge in [0, 0.05) is 39.3 Å². The van der Waals surface area contributed by atoms with E-state index in [9.17, 15) is 18.0 Å². The van der Waals surface area contributed by atoms with Crippen molar-refractivity contribution in [2.24, 2.45) is 10.9 Å². The minimum Gasteiger partial charge on any atom is -0.475 e. The van der Waals surface area contributed by atoms with Gasteiger partial charge < -0.3 is 20.3 Å². The molecule has 1 fully saturated rings. The molecule has 0 spiro atoms. The second-order valence-electron chi connectivity index (χ2n) is 6.75. The van der Waals surface area contributed by atoms with Crippen LogP contribution in [0.25, 0.3) is 0 Å². The lowest BCUT2D eigenvalue weighted by Crippen LogP contribution is -2.46. The maximum absolute atomic E-state index is 13.0. The fraction of sp³-hybridized carbons (Fsp3) is 0.632. The van der Waals surface area contributed by atoms with Crippen molar-refractivity contribution in [1.29, 1.82) is 0 Å². The lowest BCUT2D eigenvalue weighted by Gasteiger charge is -2.34. The van der Waals surface area contributed by atoms with E-state index in [4.69, 9.17) is 4.74 Å². The summed E-state index contributed by atoms with van der Waals surface area (Å²) >= 11 is 0. The molecule has 7 nitrogen and oxygen atoms in total. The molecule has 0 unspecified atom stereocenters. The van der Waals surface area contributed by atoms with Crippen LogP contribution in [0.3, 0.4) is 0 Å². The maximum Gasteiger partial charge on any atom is 0.421 e. The molecule has 0 radical (unpaired) electrons. The van der Waals surface area contributed by atoms with Crippen molar-refractivity contribution < 1.29 is 22.7 Å². The average molecular weight is 543 g/mol. The lowest BCUT2D eigenvalue weighted by molar-refractivity contribution is -0.139. The number of hydrogen-bond acceptors (Lipinski definition) is 4. The number of rotatable bonds is 7. The predicted octanol–water partition coefficient (Wildman–Crippen LogP) is 2.91. The van der Waals surface area contributed by atoms with Crippen molar-refractivity contribution in [3.63, 3.8) is 0 Å². The Morgan fingerprint density at radius 2 is 2.07 bits per heavy atom. The minimum absolute atomic E-state index is 0. The molecular formula is C19H29F3IN5O2. The molecule has 0 aliphatic carbocycles. The van der Waals surface area contributed by atoms with Crippen LogP contribution in [-0.4, -0.2) is 61.6 Å². The summed E-state index contributed by atoms with van der Waals surface area (Å²) in [7, 11) is 1.64. The Labute approximate surface area is 191 Å². The number of aromatic nitrogens is 1. The average Bonchev–Trinajstić information content (AvgIpc) is 2.70. The van der Waals surface area contributed by atoms with E-state index in [-0.39, 0.29) is 43.0 Å². The largest absolute Gasteiger partial charge is 0.475 e. The first kappa shape index (κ1) is 26.2. The van der Waals surface area contributed by atoms with Gasteiger partial charge in [0.25, 0.3) is 0 Å². The van der Waals surface area contributed by atoms with Gasteiger partial charge in [0.1, 0.15) is 12.2 Å². The number of nitrogens with one attached hydrogen (secondary N) is 2. The second-order valence-corrected chi connectivity index (χ2v) is 6.75. The van der Waals surface area contributed by atoms with Crippen molar-refractivity contribution in [2.45, 2.75) is 32.4 Å². The van der Waals surface area contributed by atoms with Crippen LogP contribution in [-0.2, 0) is 11.0 Å². The van der Waals surface area contributed by atoms with Crippen LogP contribution < -0.4 is 15.4 Å². The Hall–Kier alpha value is -1.79. The third kappa shape index (κ3) is 8.15. The summed E-state index contributed by atoms with van der Waals surface area (Å²) in [6.45, 7) is 4.36. The number of aliphatic imine (C=N–C) groups is 1. The third-order valence-corrected chi connectivity index (χ3v) is 4.67. The summed E-state index contributed by atoms with van der Waals surface area (Å²) in [5.74, 6) is 0.665. The number of alkyl halides is 3. The summed E-state index contributed by atoms with van der Waals surface area (Å²) in [6.07, 6.45) is -0.951. The van der Waals surface area contributed by atoms with Crippen LogP contribution in [0.4, 0.5) is 13.2 Å². The maximum atomic E-state index is 13.0. The molecule has 30 heavy (non-hydrogen) atoms. The van der Waals surface area contributed by atoms with Gasteiger partial charge in [-0.15, -0.1) is 24.0 Å². The van der Waals surface area contributed by atoms with Gasteiger partial charge in [0.05, 0.1) is 6.54 Å². The smallest absolute Gasteiger partial charge is 0.421 e. The van der Waals surface area contributed by atoms with E-state index >= 15 is 0 Å². The van der Waals surface area contributed by atoms with Crippen LogP contribution in [0.15, 0.2) is 23.3 Å². The Balaban J connectivity index is 0.00000450. The number of hydrogen-bond donors (Lipinski definition) is 2. The van der Waals surface area contributed by atoms with Crippen molar-refractivity contribution >= 4 is 35.8 Å². The lowest BCUT2D eigenvalue weighted by atomic mass is 9.93. The van der Waals surface area contributed by atoms with Crippen LogP contribution >= 0.6 is 24.0 Å². The third-order valence-electron chi connectivity index (χ3n) is 4.67. The van der Waals surface area contributed by atoms with Crippen LogP contribution in [0.2, 0.25) is 0 Å². The first-order valence-corrected chi connectivity index (χ1v) is 9.74. The number of halogens is 4. The molecule has 1 saturated heterocycles. The van der Waals surface area contributed by atoms with Crippen LogP contribution in [0, 0.1) is 5.92 Å². The van der Waals surface area contributed by atoms with E-state index in [1.54, 1.807) is 7.05 Å². The molecule has 2 rings (SSSR count). The minimum atomic E-state index is -4.51. The number of piperidine rings is 1. The van der Waals surface area contributed by atoms with Crippen LogP contribution in [0.5, 0.6) is 5.88 Å². The summed E-state index contributed by atoms with van der Waals surface area (Å²) in [5, 5.41) is 5.85. The predicted molar refractivity (Wildman–Crippen MR) is 119 cm³/mol. The molecular weight excluding hydrogens is 514 g/mol. The molecule has 0 bridgehead atoms. The highest BCUT2D eigenvalue weighted by Crippen LogP contribution is 2.34. The zero-order valence-electron chi connectivity index (χ0n) is 17.2. The van der Waals surface area contributed by atoms with Gasteiger partial charge in [0.15, 0.2) is 5.96 Å². The summed E-state index contributed by atoms with van der Waals surface area (Å²) in [4.78, 5) is 21.8. The number of carbonyl (C=O) groups is 1. The van der Waals surface area contributed by atoms with E-state index < -0.39 is 17.6 Å². The first-order valence-electron chi connectivity index (χ1n) is 9.74. The molecule has 2 N–H and O–H groups in total. The van der Waals surface area contributed by atoms with E-state index in [2.05, 4.69) is 25.5 Å². The van der Waals surface area contributed by atoms with Gasteiger partial charge in [-0.05, 0) is 37.8 Å². The topological polar surface area (TPSA) is 78.9 Å². The first-order chi connectivity index (χ1) is 13.8. The van der Waals surface area contributed by atoms with E-state index in [1.807, 2.05) is 6.92 Å². The molecule has 0 saturated carbocycles. The van der Waals surface area contributed by atoms with E-state index in [0.717, 1.165) is 32.0 Å². The number of guanidine groups is 1. The molecule has 170 valence electrons. The molecule has 1 aromatic rings. The SMILES string of the molecule is CCNC(=NCCOc1ncccc1C(F)(F)F)N1CCC(CC(=O)NC)CC1.I. The van der Waals surface area contributed by atoms with E-state index in [0.29, 0.717) is 24.8 Å². The number of ether oxygens (including phenoxy) is 1. The molecule has 2 heterocycles. The molecule has 1 aromatic heterocycles. The van der Waals surface area contributed by atoms with Crippen LogP contribution in [0.1, 0.15) is 31.7 Å². The fourth-order valence-corrected chi connectivity index (χ4v) is 3.15. The van der Waals surface area contributed by atoms with Gasteiger partial charge in [-0.25, -0.2) is 9.98 Å². The van der Waals surface area contributed by atoms with Gasteiger partial charge in [-0.2, -0.15) is 13.2 Å². The Bertz CT molecular complexity index is 695. The standard InChI is InChI=1S/C19H28F3N5O2.HI/c1-3-24-18(27-10-6-14(7-11-27)13-16(28)23-2)26-9-12-29-17-15(19(20,21)22)5-4-8-25-17;/h4-5,8,14H,3,6-7,9-13H2,1-2H3,(H,23,28)(H,24,26);1H. The molecule has 1 aliphatic rings. The highest BCUT2D eigenvalue weighted by molar-refractivity contribution is 14.0. The summed E-state index contributed by atoms with van der Waals surface area (Å²) in [6, 6.07) is 2.17. The van der Waals surface area contributed by atoms with Gasteiger partial charge in [-0.3, -0.25) is 4.79 Å². The quantitative estimate of drug-likeness (QED) is 0.240. The second kappa shape index (κ2) is 12.8. The van der Waals surface area contributed by atoms with E-state index in [1.165, 1.54) is 12.3 Å². The molecule has 0 atom stereocenters. The Morgan fingerprint density at radius 3 is 2.67 bits per heavy atom. The van der Waals surface area contributed by atoms with Crippen molar-refractivity contribution in [3.8, 4) is 5.88 Å². The highest BCUT2D eigenvalue weighted by Gasteiger charge is 2.35. The number of amides is 1. The number of nitrogens with zero attached hydrogens (tertiary/aromatic N) is 3. The monoisotopic (exact) mass is 543 g/mol. The fourth-order valence-electron chi connectivity index (χ4n) is 3.15. The number of likely N-dealkylation sites (tertiary alicyclic amines) is 1. The summed E-state index contributed by atoms with van der Waals surface area (Å²) < 4.78 is 44.1. The van der Waals surface area contributed by atoms with Gasteiger partial charge in [-0.1, -0.05) is 0 Å². The zero-order chi connectivity index (χ0) is 21.3. The zero-order valence-corrected chi connectivity index (χ0v) is 19.5. The normalized spacial score (nSPS) is 15.4. The molecule has 1 amide bonds. The highest BCUT2D eigenvalue weighted by atomic mass is 127. The van der Waals surface area contributed by atoms with Crippen molar-refractivity contribution in [1.82, 2.24) is 20.5 Å². The van der Waals surface area contributed by atoms with Gasteiger partial charge in [0.2, 0.25) is 11.8 Å². The molecule has 0 aromatic carbocycles. The Morgan fingerprint density at radius 1 is 1.37 bits per heavy atom. The van der Waals surface area contributed by atoms with Crippen molar-refractivity contribution in [3.05, 3.63) is 23.9 Å². The summed E-state index contributed by atoms with van der Waals surface area (Å²) in [5.41, 5.74) is -0.894.